The van der Waals surface area contributed by atoms with Crippen LogP contribution in [0.25, 0.3) is 0 Å². The minimum atomic E-state index is -0.0382. The van der Waals surface area contributed by atoms with E-state index in [1.54, 1.807) is 7.11 Å². The van der Waals surface area contributed by atoms with Crippen molar-refractivity contribution in [1.29, 1.82) is 0 Å². The highest BCUT2D eigenvalue weighted by molar-refractivity contribution is 7.09. The molecule has 0 aliphatic carbocycles. The molecule has 1 saturated heterocycles. The fourth-order valence-electron chi connectivity index (χ4n) is 2.14. The zero-order valence-corrected chi connectivity index (χ0v) is 12.1. The van der Waals surface area contributed by atoms with Crippen molar-refractivity contribution >= 4 is 16.7 Å². The van der Waals surface area contributed by atoms with E-state index in [0.29, 0.717) is 5.41 Å². The number of methoxy groups -OCH3 is 1. The zero-order valence-electron chi connectivity index (χ0n) is 11.3. The maximum atomic E-state index is 5.21. The first-order valence-electron chi connectivity index (χ1n) is 6.44. The van der Waals surface area contributed by atoms with Crippen LogP contribution in [-0.4, -0.2) is 36.1 Å². The molecule has 1 aliphatic rings. The van der Waals surface area contributed by atoms with E-state index < -0.39 is 0 Å². The third-order valence-electron chi connectivity index (χ3n) is 3.51. The lowest BCUT2D eigenvalue weighted by atomic mass is 9.83. The Hall–Kier alpha value is -0.720. The summed E-state index contributed by atoms with van der Waals surface area (Å²) >= 11 is 1.41. The van der Waals surface area contributed by atoms with Crippen molar-refractivity contribution < 1.29 is 4.74 Å². The fraction of sp³-hybridized carbons (Fsp3) is 0.833. The van der Waals surface area contributed by atoms with Crippen LogP contribution in [0.3, 0.4) is 0 Å². The highest BCUT2D eigenvalue weighted by atomic mass is 32.1. The molecule has 102 valence electrons. The molecule has 0 saturated carbocycles. The first kappa shape index (κ1) is 13.7. The Kier molecular flexibility index (Phi) is 4.53. The Morgan fingerprint density at radius 1 is 1.61 bits per heavy atom. The van der Waals surface area contributed by atoms with Crippen LogP contribution in [0.1, 0.15) is 38.6 Å². The summed E-state index contributed by atoms with van der Waals surface area (Å²) in [5.74, 6) is 0.761. The van der Waals surface area contributed by atoms with Gasteiger partial charge in [-0.3, -0.25) is 0 Å². The summed E-state index contributed by atoms with van der Waals surface area (Å²) in [6.07, 6.45) is 2.47. The van der Waals surface area contributed by atoms with Crippen molar-refractivity contribution in [2.24, 2.45) is 5.41 Å². The summed E-state index contributed by atoms with van der Waals surface area (Å²) < 4.78 is 9.51. The van der Waals surface area contributed by atoms with Gasteiger partial charge < -0.3 is 15.4 Å². The smallest absolute Gasteiger partial charge is 0.202 e. The third kappa shape index (κ3) is 3.40. The van der Waals surface area contributed by atoms with E-state index in [4.69, 9.17) is 4.74 Å². The summed E-state index contributed by atoms with van der Waals surface area (Å²) in [6, 6.07) is 0. The molecular weight excluding hydrogens is 248 g/mol. The quantitative estimate of drug-likeness (QED) is 0.857. The van der Waals surface area contributed by atoms with Crippen LogP contribution in [0.4, 0.5) is 5.13 Å². The van der Waals surface area contributed by atoms with E-state index in [1.165, 1.54) is 24.4 Å². The van der Waals surface area contributed by atoms with Crippen molar-refractivity contribution in [3.8, 4) is 0 Å². The number of hydrogen-bond acceptors (Lipinski definition) is 6. The maximum absolute atomic E-state index is 5.21. The van der Waals surface area contributed by atoms with Gasteiger partial charge in [-0.2, -0.15) is 4.37 Å². The number of aromatic nitrogens is 2. The van der Waals surface area contributed by atoms with E-state index >= 15 is 0 Å². The van der Waals surface area contributed by atoms with Gasteiger partial charge in [-0.05, 0) is 31.7 Å². The molecule has 1 fully saturated rings. The van der Waals surface area contributed by atoms with Gasteiger partial charge in [0.1, 0.15) is 6.10 Å². The van der Waals surface area contributed by atoms with Crippen molar-refractivity contribution in [3.63, 3.8) is 0 Å². The molecule has 0 radical (unpaired) electrons. The van der Waals surface area contributed by atoms with Crippen LogP contribution >= 0.6 is 11.5 Å². The lowest BCUT2D eigenvalue weighted by molar-refractivity contribution is 0.113. The van der Waals surface area contributed by atoms with Gasteiger partial charge in [-0.25, -0.2) is 4.98 Å². The minimum absolute atomic E-state index is 0.0382. The van der Waals surface area contributed by atoms with Gasteiger partial charge in [0.2, 0.25) is 5.13 Å². The van der Waals surface area contributed by atoms with Gasteiger partial charge in [0.25, 0.3) is 0 Å². The number of piperidine rings is 1. The molecule has 1 aromatic rings. The van der Waals surface area contributed by atoms with Crippen molar-refractivity contribution in [2.45, 2.75) is 32.8 Å². The average Bonchev–Trinajstić information content (AvgIpc) is 2.85. The van der Waals surface area contributed by atoms with Gasteiger partial charge in [0, 0.05) is 31.7 Å². The number of nitrogens with zero attached hydrogens (tertiary/aromatic N) is 2. The van der Waals surface area contributed by atoms with Gasteiger partial charge in [-0.1, -0.05) is 6.92 Å². The SMILES string of the molecule is COC(C)c1nsc(NCC2(C)CCCNC2)n1. The Balaban J connectivity index is 1.87. The topological polar surface area (TPSA) is 59.1 Å². The first-order chi connectivity index (χ1) is 8.63. The zero-order chi connectivity index (χ0) is 13.0. The van der Waals surface area contributed by atoms with Gasteiger partial charge in [0.15, 0.2) is 5.82 Å². The lowest BCUT2D eigenvalue weighted by Crippen LogP contribution is -2.42. The summed E-state index contributed by atoms with van der Waals surface area (Å²) in [5, 5.41) is 7.74. The monoisotopic (exact) mass is 270 g/mol. The molecule has 18 heavy (non-hydrogen) atoms. The van der Waals surface area contributed by atoms with E-state index in [2.05, 4.69) is 26.9 Å². The van der Waals surface area contributed by atoms with Crippen LogP contribution in [0.5, 0.6) is 0 Å². The summed E-state index contributed by atoms with van der Waals surface area (Å²) in [5.41, 5.74) is 0.316. The number of hydrogen-bond donors (Lipinski definition) is 2. The van der Waals surface area contributed by atoms with Crippen molar-refractivity contribution in [3.05, 3.63) is 5.82 Å². The van der Waals surface area contributed by atoms with Crippen LogP contribution in [0.2, 0.25) is 0 Å². The highest BCUT2D eigenvalue weighted by Gasteiger charge is 2.26. The van der Waals surface area contributed by atoms with Crippen molar-refractivity contribution in [1.82, 2.24) is 14.7 Å². The molecule has 1 aromatic heterocycles. The van der Waals surface area contributed by atoms with Crippen LogP contribution in [0.15, 0.2) is 0 Å². The average molecular weight is 270 g/mol. The summed E-state index contributed by atoms with van der Waals surface area (Å²) in [4.78, 5) is 4.45. The minimum Gasteiger partial charge on any atom is -0.374 e. The number of anilines is 1. The molecule has 1 aliphatic heterocycles. The predicted molar refractivity (Wildman–Crippen MR) is 74.0 cm³/mol. The Labute approximate surface area is 113 Å². The Morgan fingerprint density at radius 2 is 2.44 bits per heavy atom. The van der Waals surface area contributed by atoms with Crippen LogP contribution < -0.4 is 10.6 Å². The number of nitrogens with one attached hydrogen (secondary N) is 2. The molecule has 0 bridgehead atoms. The maximum Gasteiger partial charge on any atom is 0.202 e. The van der Waals surface area contributed by atoms with Gasteiger partial charge in [-0.15, -0.1) is 0 Å². The molecule has 2 atom stereocenters. The van der Waals surface area contributed by atoms with Gasteiger partial charge in [0.05, 0.1) is 0 Å². The van der Waals surface area contributed by atoms with E-state index in [1.807, 2.05) is 6.92 Å². The molecule has 0 aromatic carbocycles. The Morgan fingerprint density at radius 3 is 3.11 bits per heavy atom. The lowest BCUT2D eigenvalue weighted by Gasteiger charge is -2.34. The Bertz CT molecular complexity index is 376. The molecule has 6 heteroatoms. The molecule has 2 rings (SSSR count). The molecule has 2 heterocycles. The highest BCUT2D eigenvalue weighted by Crippen LogP contribution is 2.26. The number of ether oxygens (including phenoxy) is 1. The van der Waals surface area contributed by atoms with E-state index in [0.717, 1.165) is 30.6 Å². The second-order valence-electron chi connectivity index (χ2n) is 5.28. The second-order valence-corrected chi connectivity index (χ2v) is 6.03. The van der Waals surface area contributed by atoms with Crippen LogP contribution in [-0.2, 0) is 4.74 Å². The molecule has 2 N–H and O–H groups in total. The number of rotatable bonds is 5. The second kappa shape index (κ2) is 5.95. The molecule has 2 unspecified atom stereocenters. The molecular formula is C12H22N4OS. The summed E-state index contributed by atoms with van der Waals surface area (Å²) in [6.45, 7) is 7.42. The third-order valence-corrected chi connectivity index (χ3v) is 4.20. The van der Waals surface area contributed by atoms with Crippen molar-refractivity contribution in [2.75, 3.05) is 32.1 Å². The standard InChI is InChI=1S/C12H22N4OS/c1-9(17-3)10-15-11(18-16-10)14-8-12(2)5-4-6-13-7-12/h9,13H,4-8H2,1-3H3,(H,14,15,16). The summed E-state index contributed by atoms with van der Waals surface area (Å²) in [7, 11) is 1.67. The predicted octanol–water partition coefficient (Wildman–Crippen LogP) is 2.05. The first-order valence-corrected chi connectivity index (χ1v) is 7.21. The molecule has 0 amide bonds. The fourth-order valence-corrected chi connectivity index (χ4v) is 2.78. The molecule has 5 nitrogen and oxygen atoms in total. The van der Waals surface area contributed by atoms with E-state index in [-0.39, 0.29) is 6.10 Å². The van der Waals surface area contributed by atoms with Gasteiger partial charge >= 0.3 is 0 Å². The normalized spacial score (nSPS) is 25.9. The van der Waals surface area contributed by atoms with Crippen LogP contribution in [0, 0.1) is 5.41 Å². The largest absolute Gasteiger partial charge is 0.374 e. The molecule has 0 spiro atoms. The van der Waals surface area contributed by atoms with E-state index in [9.17, 15) is 0 Å².